The number of methoxy groups -OCH3 is 2. The van der Waals surface area contributed by atoms with Crippen LogP contribution in [0.2, 0.25) is 0 Å². The van der Waals surface area contributed by atoms with E-state index in [0.717, 1.165) is 6.42 Å². The van der Waals surface area contributed by atoms with Gasteiger partial charge in [-0.15, -0.1) is 0 Å². The number of nitrogens with zero attached hydrogens (tertiary/aromatic N) is 1. The largest absolute Gasteiger partial charge is 0.444 e. The maximum atomic E-state index is 12.4. The summed E-state index contributed by atoms with van der Waals surface area (Å²) in [6, 6.07) is 0.198. The molecule has 0 saturated carbocycles. The average molecular weight is 332 g/mol. The number of ether oxygens (including phenoxy) is 4. The zero-order valence-corrected chi connectivity index (χ0v) is 15.3. The molecule has 1 fully saturated rings. The fourth-order valence-electron chi connectivity index (χ4n) is 2.46. The van der Waals surface area contributed by atoms with Gasteiger partial charge in [0.15, 0.2) is 6.29 Å². The van der Waals surface area contributed by atoms with Crippen molar-refractivity contribution in [1.29, 1.82) is 0 Å². The minimum atomic E-state index is -0.492. The smallest absolute Gasteiger partial charge is 0.410 e. The lowest BCUT2D eigenvalue weighted by Crippen LogP contribution is -2.52. The topological polar surface area (TPSA) is 69.3 Å². The van der Waals surface area contributed by atoms with Gasteiger partial charge in [0.05, 0.1) is 19.3 Å². The lowest BCUT2D eigenvalue weighted by atomic mass is 10.1. The molecule has 2 atom stereocenters. The van der Waals surface area contributed by atoms with Gasteiger partial charge in [0, 0.05) is 33.4 Å². The third-order valence-electron chi connectivity index (χ3n) is 3.64. The number of rotatable bonds is 7. The molecule has 1 rings (SSSR count). The van der Waals surface area contributed by atoms with E-state index < -0.39 is 5.60 Å². The van der Waals surface area contributed by atoms with Crippen molar-refractivity contribution in [2.45, 2.75) is 58.1 Å². The van der Waals surface area contributed by atoms with Gasteiger partial charge in [0.2, 0.25) is 0 Å². The van der Waals surface area contributed by atoms with Crippen molar-refractivity contribution in [3.63, 3.8) is 0 Å². The van der Waals surface area contributed by atoms with Crippen molar-refractivity contribution >= 4 is 6.09 Å². The Morgan fingerprint density at radius 2 is 2.00 bits per heavy atom. The predicted molar refractivity (Wildman–Crippen MR) is 87.4 cm³/mol. The first-order valence-corrected chi connectivity index (χ1v) is 8.13. The van der Waals surface area contributed by atoms with Crippen molar-refractivity contribution in [3.05, 3.63) is 0 Å². The van der Waals surface area contributed by atoms with Crippen molar-refractivity contribution in [1.82, 2.24) is 10.2 Å². The molecule has 0 aliphatic carbocycles. The standard InChI is InChI=1S/C16H32N2O5/c1-12(17-10-14(20-5)21-6)9-13-11-22-8-7-18(13)15(19)23-16(2,3)4/h12-14,17H,7-11H2,1-6H3. The SMILES string of the molecule is COC(CNC(C)CC1COCCN1C(=O)OC(C)(C)C)OC. The van der Waals surface area contributed by atoms with Crippen LogP contribution in [0.4, 0.5) is 4.79 Å². The van der Waals surface area contributed by atoms with Gasteiger partial charge in [-0.25, -0.2) is 4.79 Å². The first-order chi connectivity index (χ1) is 10.8. The highest BCUT2D eigenvalue weighted by molar-refractivity contribution is 5.68. The Balaban J connectivity index is 2.52. The van der Waals surface area contributed by atoms with Crippen LogP contribution in [0.25, 0.3) is 0 Å². The van der Waals surface area contributed by atoms with E-state index in [-0.39, 0.29) is 24.5 Å². The lowest BCUT2D eigenvalue weighted by molar-refractivity contribution is -0.100. The van der Waals surface area contributed by atoms with Crippen LogP contribution in [0.3, 0.4) is 0 Å². The van der Waals surface area contributed by atoms with Crippen LogP contribution < -0.4 is 5.32 Å². The lowest BCUT2D eigenvalue weighted by Gasteiger charge is -2.37. The molecule has 0 aromatic rings. The molecule has 23 heavy (non-hydrogen) atoms. The Morgan fingerprint density at radius 3 is 2.57 bits per heavy atom. The summed E-state index contributed by atoms with van der Waals surface area (Å²) in [5.41, 5.74) is -0.492. The van der Waals surface area contributed by atoms with Crippen LogP contribution in [0.1, 0.15) is 34.1 Å². The molecule has 1 saturated heterocycles. The Morgan fingerprint density at radius 1 is 1.35 bits per heavy atom. The van der Waals surface area contributed by atoms with Gasteiger partial charge in [0.25, 0.3) is 0 Å². The summed E-state index contributed by atoms with van der Waals surface area (Å²) in [6.07, 6.45) is 0.228. The molecule has 0 spiro atoms. The average Bonchev–Trinajstić information content (AvgIpc) is 2.47. The number of carbonyl (C=O) groups is 1. The van der Waals surface area contributed by atoms with Crippen molar-refractivity contribution in [2.75, 3.05) is 40.5 Å². The molecule has 136 valence electrons. The van der Waals surface area contributed by atoms with Gasteiger partial charge in [0.1, 0.15) is 5.60 Å². The first kappa shape index (κ1) is 20.2. The van der Waals surface area contributed by atoms with E-state index in [1.54, 1.807) is 19.1 Å². The van der Waals surface area contributed by atoms with Crippen LogP contribution >= 0.6 is 0 Å². The second-order valence-corrected chi connectivity index (χ2v) is 6.85. The summed E-state index contributed by atoms with van der Waals surface area (Å²) in [6.45, 7) is 9.93. The van der Waals surface area contributed by atoms with Crippen molar-refractivity contribution in [3.8, 4) is 0 Å². The molecule has 2 unspecified atom stereocenters. The fraction of sp³-hybridized carbons (Fsp3) is 0.938. The molecule has 1 aliphatic rings. The molecule has 7 nitrogen and oxygen atoms in total. The fourth-order valence-corrected chi connectivity index (χ4v) is 2.46. The Hall–Kier alpha value is -0.890. The molecule has 0 aromatic heterocycles. The van der Waals surface area contributed by atoms with Gasteiger partial charge >= 0.3 is 6.09 Å². The Bertz CT molecular complexity index is 355. The zero-order chi connectivity index (χ0) is 17.5. The number of hydrogen-bond donors (Lipinski definition) is 1. The van der Waals surface area contributed by atoms with Gasteiger partial charge in [-0.05, 0) is 34.1 Å². The summed E-state index contributed by atoms with van der Waals surface area (Å²) < 4.78 is 21.3. The third kappa shape index (κ3) is 7.48. The highest BCUT2D eigenvalue weighted by atomic mass is 16.7. The van der Waals surface area contributed by atoms with Crippen LogP contribution in [0, 0.1) is 0 Å². The second-order valence-electron chi connectivity index (χ2n) is 6.85. The maximum absolute atomic E-state index is 12.4. The molecule has 0 aromatic carbocycles. The second kappa shape index (κ2) is 9.42. The molecule has 0 radical (unpaired) electrons. The molecular formula is C16H32N2O5. The van der Waals surface area contributed by atoms with E-state index in [9.17, 15) is 4.79 Å². The van der Waals surface area contributed by atoms with Crippen LogP contribution in [0.15, 0.2) is 0 Å². The zero-order valence-electron chi connectivity index (χ0n) is 15.3. The molecular weight excluding hydrogens is 300 g/mol. The van der Waals surface area contributed by atoms with E-state index in [1.165, 1.54) is 0 Å². The summed E-state index contributed by atoms with van der Waals surface area (Å²) in [5, 5.41) is 3.36. The third-order valence-corrected chi connectivity index (χ3v) is 3.64. The summed E-state index contributed by atoms with van der Waals surface area (Å²) in [4.78, 5) is 14.1. The van der Waals surface area contributed by atoms with E-state index in [0.29, 0.717) is 26.3 Å². The Kier molecular flexibility index (Phi) is 8.25. The van der Waals surface area contributed by atoms with Crippen LogP contribution in [-0.2, 0) is 18.9 Å². The predicted octanol–water partition coefficient (Wildman–Crippen LogP) is 1.61. The molecule has 1 heterocycles. The highest BCUT2D eigenvalue weighted by Crippen LogP contribution is 2.17. The van der Waals surface area contributed by atoms with Crippen molar-refractivity contribution in [2.24, 2.45) is 0 Å². The molecule has 7 heteroatoms. The van der Waals surface area contributed by atoms with Gasteiger partial charge < -0.3 is 29.2 Å². The maximum Gasteiger partial charge on any atom is 0.410 e. The number of nitrogens with one attached hydrogen (secondary N) is 1. The van der Waals surface area contributed by atoms with Crippen LogP contribution in [-0.4, -0.2) is 75.5 Å². The molecule has 0 bridgehead atoms. The number of amides is 1. The van der Waals surface area contributed by atoms with Gasteiger partial charge in [-0.3, -0.25) is 0 Å². The summed E-state index contributed by atoms with van der Waals surface area (Å²) >= 11 is 0. The van der Waals surface area contributed by atoms with Gasteiger partial charge in [-0.1, -0.05) is 0 Å². The van der Waals surface area contributed by atoms with Gasteiger partial charge in [-0.2, -0.15) is 0 Å². The van der Waals surface area contributed by atoms with E-state index in [4.69, 9.17) is 18.9 Å². The number of hydrogen-bond acceptors (Lipinski definition) is 6. The van der Waals surface area contributed by atoms with E-state index >= 15 is 0 Å². The summed E-state index contributed by atoms with van der Waals surface area (Å²) in [7, 11) is 3.22. The van der Waals surface area contributed by atoms with E-state index in [1.807, 2.05) is 20.8 Å². The minimum Gasteiger partial charge on any atom is -0.444 e. The van der Waals surface area contributed by atoms with Crippen LogP contribution in [0.5, 0.6) is 0 Å². The Labute approximate surface area is 139 Å². The molecule has 1 aliphatic heterocycles. The number of carbonyl (C=O) groups excluding carboxylic acids is 1. The number of morpholine rings is 1. The molecule has 1 N–H and O–H groups in total. The normalized spacial score (nSPS) is 20.7. The quantitative estimate of drug-likeness (QED) is 0.714. The molecule has 1 amide bonds. The van der Waals surface area contributed by atoms with Crippen molar-refractivity contribution < 1.29 is 23.7 Å². The summed E-state index contributed by atoms with van der Waals surface area (Å²) in [5.74, 6) is 0. The monoisotopic (exact) mass is 332 g/mol. The highest BCUT2D eigenvalue weighted by Gasteiger charge is 2.31. The minimum absolute atomic E-state index is 0.00430. The van der Waals surface area contributed by atoms with E-state index in [2.05, 4.69) is 12.2 Å². The first-order valence-electron chi connectivity index (χ1n) is 8.13.